The smallest absolute Gasteiger partial charge is 0.321 e. The van der Waals surface area contributed by atoms with Gasteiger partial charge in [-0.1, -0.05) is 17.4 Å². The summed E-state index contributed by atoms with van der Waals surface area (Å²) in [5.74, 6) is 0. The second-order valence-corrected chi connectivity index (χ2v) is 7.31. The van der Waals surface area contributed by atoms with E-state index >= 15 is 0 Å². The number of hydrogen-bond acceptors (Lipinski definition) is 5. The van der Waals surface area contributed by atoms with E-state index in [4.69, 9.17) is 0 Å². The Morgan fingerprint density at radius 3 is 2.91 bits per heavy atom. The monoisotopic (exact) mass is 332 g/mol. The Balaban J connectivity index is 1.71. The lowest BCUT2D eigenvalue weighted by atomic mass is 10.1. The quantitative estimate of drug-likeness (QED) is 0.778. The van der Waals surface area contributed by atoms with Crippen molar-refractivity contribution in [3.05, 3.63) is 41.0 Å². The van der Waals surface area contributed by atoms with Crippen LogP contribution in [0, 0.1) is 6.92 Å². The number of urea groups is 1. The molecule has 5 nitrogen and oxygen atoms in total. The van der Waals surface area contributed by atoms with Gasteiger partial charge in [-0.3, -0.25) is 10.3 Å². The minimum atomic E-state index is -0.172. The number of thiophene rings is 1. The third-order valence-corrected chi connectivity index (χ3v) is 5.49. The fraction of sp³-hybridized carbons (Fsp3) is 0.267. The van der Waals surface area contributed by atoms with E-state index in [9.17, 15) is 4.79 Å². The van der Waals surface area contributed by atoms with E-state index in [2.05, 4.69) is 28.3 Å². The molecule has 3 rings (SSSR count). The van der Waals surface area contributed by atoms with Crippen LogP contribution in [-0.4, -0.2) is 27.9 Å². The summed E-state index contributed by atoms with van der Waals surface area (Å²) in [5, 5.41) is 3.50. The highest BCUT2D eigenvalue weighted by Crippen LogP contribution is 2.32. The number of fused-ring (bicyclic) bond motifs is 1. The number of hydrogen-bond donors (Lipinski definition) is 1. The van der Waals surface area contributed by atoms with Crippen LogP contribution in [0.4, 0.5) is 9.93 Å². The lowest BCUT2D eigenvalue weighted by molar-refractivity contribution is 0.208. The van der Waals surface area contributed by atoms with Gasteiger partial charge in [0.25, 0.3) is 0 Å². The number of thiazole rings is 1. The Hall–Kier alpha value is -1.99. The van der Waals surface area contributed by atoms with E-state index < -0.39 is 0 Å². The van der Waals surface area contributed by atoms with Gasteiger partial charge in [-0.2, -0.15) is 0 Å². The molecule has 2 amide bonds. The number of aromatic nitrogens is 2. The van der Waals surface area contributed by atoms with E-state index in [1.54, 1.807) is 35.7 Å². The normalized spacial score (nSPS) is 12.3. The number of pyridine rings is 1. The first kappa shape index (κ1) is 14.9. The number of aryl methyl sites for hydroxylation is 1. The number of nitrogens with zero attached hydrogens (tertiary/aromatic N) is 3. The molecule has 1 atom stereocenters. The Morgan fingerprint density at radius 1 is 1.41 bits per heavy atom. The van der Waals surface area contributed by atoms with Gasteiger partial charge in [-0.05, 0) is 31.5 Å². The van der Waals surface area contributed by atoms with Crippen molar-refractivity contribution in [2.75, 3.05) is 12.4 Å². The molecule has 0 spiro atoms. The van der Waals surface area contributed by atoms with Crippen LogP contribution < -0.4 is 5.32 Å². The van der Waals surface area contributed by atoms with Crippen molar-refractivity contribution in [1.29, 1.82) is 0 Å². The minimum absolute atomic E-state index is 0.0583. The van der Waals surface area contributed by atoms with Crippen molar-refractivity contribution in [3.63, 3.8) is 0 Å². The Bertz CT molecular complexity index is 765. The molecule has 0 aromatic carbocycles. The summed E-state index contributed by atoms with van der Waals surface area (Å²) in [6, 6.07) is 5.69. The van der Waals surface area contributed by atoms with Crippen LogP contribution in [-0.2, 0) is 0 Å². The summed E-state index contributed by atoms with van der Waals surface area (Å²) in [4.78, 5) is 24.8. The van der Waals surface area contributed by atoms with Gasteiger partial charge in [-0.25, -0.2) is 9.78 Å². The zero-order chi connectivity index (χ0) is 15.7. The van der Waals surface area contributed by atoms with Gasteiger partial charge < -0.3 is 4.90 Å². The van der Waals surface area contributed by atoms with E-state index in [0.29, 0.717) is 5.13 Å². The zero-order valence-corrected chi connectivity index (χ0v) is 14.2. The first-order chi connectivity index (χ1) is 10.5. The van der Waals surface area contributed by atoms with Crippen LogP contribution in [0.2, 0.25) is 0 Å². The molecule has 0 bridgehead atoms. The minimum Gasteiger partial charge on any atom is -0.321 e. The first-order valence-corrected chi connectivity index (χ1v) is 8.48. The predicted octanol–water partition coefficient (Wildman–Crippen LogP) is 4.29. The summed E-state index contributed by atoms with van der Waals surface area (Å²) in [6.07, 6.45) is 3.50. The number of anilines is 1. The molecule has 0 saturated heterocycles. The van der Waals surface area contributed by atoms with Crippen LogP contribution in [0.15, 0.2) is 30.6 Å². The summed E-state index contributed by atoms with van der Waals surface area (Å²) in [6.45, 7) is 4.03. The lowest BCUT2D eigenvalue weighted by Crippen LogP contribution is -2.33. The van der Waals surface area contributed by atoms with Crippen LogP contribution in [0.5, 0.6) is 0 Å². The molecule has 7 heteroatoms. The van der Waals surface area contributed by atoms with Gasteiger partial charge >= 0.3 is 6.03 Å². The standard InChI is InChI=1S/C15H16N4OS2/c1-9-7-12-13(21-9)17-14(22-12)18-15(20)19(3)10(2)11-5-4-6-16-8-11/h4-8,10H,1-3H3,(H,17,18,20)/t10-/m0/s1. The van der Waals surface area contributed by atoms with Crippen LogP contribution in [0.1, 0.15) is 23.4 Å². The maximum absolute atomic E-state index is 12.4. The third-order valence-electron chi connectivity index (χ3n) is 3.49. The molecule has 0 aliphatic heterocycles. The fourth-order valence-corrected chi connectivity index (χ4v) is 4.12. The van der Waals surface area contributed by atoms with Crippen molar-refractivity contribution in [1.82, 2.24) is 14.9 Å². The van der Waals surface area contributed by atoms with Crippen LogP contribution in [0.25, 0.3) is 9.53 Å². The molecule has 0 fully saturated rings. The van der Waals surface area contributed by atoms with E-state index in [-0.39, 0.29) is 12.1 Å². The molecule has 3 aromatic heterocycles. The van der Waals surface area contributed by atoms with Gasteiger partial charge in [0.1, 0.15) is 4.83 Å². The average Bonchev–Trinajstić information content (AvgIpc) is 3.03. The summed E-state index contributed by atoms with van der Waals surface area (Å²) < 4.78 is 1.11. The Morgan fingerprint density at radius 2 is 2.23 bits per heavy atom. The average molecular weight is 332 g/mol. The van der Waals surface area contributed by atoms with Crippen molar-refractivity contribution >= 4 is 43.4 Å². The number of nitrogens with one attached hydrogen (secondary N) is 1. The molecule has 1 N–H and O–H groups in total. The number of amides is 2. The van der Waals surface area contributed by atoms with Crippen LogP contribution >= 0.6 is 22.7 Å². The van der Waals surface area contributed by atoms with Crippen LogP contribution in [0.3, 0.4) is 0 Å². The van der Waals surface area contributed by atoms with Crippen molar-refractivity contribution in [2.24, 2.45) is 0 Å². The van der Waals surface area contributed by atoms with E-state index in [1.807, 2.05) is 19.1 Å². The van der Waals surface area contributed by atoms with Crippen molar-refractivity contribution < 1.29 is 4.79 Å². The van der Waals surface area contributed by atoms with Gasteiger partial charge in [0.2, 0.25) is 0 Å². The predicted molar refractivity (Wildman–Crippen MR) is 91.7 cm³/mol. The van der Waals surface area contributed by atoms with Crippen molar-refractivity contribution in [2.45, 2.75) is 19.9 Å². The van der Waals surface area contributed by atoms with Gasteiger partial charge in [-0.15, -0.1) is 11.3 Å². The molecule has 3 aromatic rings. The number of rotatable bonds is 3. The Labute approximate surface area is 136 Å². The molecule has 0 radical (unpaired) electrons. The molecule has 22 heavy (non-hydrogen) atoms. The molecule has 0 unspecified atom stereocenters. The number of carbonyl (C=O) groups excluding carboxylic acids is 1. The zero-order valence-electron chi connectivity index (χ0n) is 12.5. The molecule has 114 valence electrons. The SMILES string of the molecule is Cc1cc2sc(NC(=O)N(C)[C@@H](C)c3cccnc3)nc2s1. The highest BCUT2D eigenvalue weighted by Gasteiger charge is 2.19. The molecular weight excluding hydrogens is 316 g/mol. The maximum Gasteiger partial charge on any atom is 0.323 e. The maximum atomic E-state index is 12.4. The Kier molecular flexibility index (Phi) is 4.08. The second kappa shape index (κ2) is 6.02. The fourth-order valence-electron chi connectivity index (χ4n) is 2.10. The summed E-state index contributed by atoms with van der Waals surface area (Å²) >= 11 is 3.14. The molecular formula is C15H16N4OS2. The highest BCUT2D eigenvalue weighted by atomic mass is 32.1. The molecule has 0 aliphatic rings. The van der Waals surface area contributed by atoms with E-state index in [0.717, 1.165) is 15.1 Å². The van der Waals surface area contributed by atoms with Crippen molar-refractivity contribution in [3.8, 4) is 0 Å². The molecule has 3 heterocycles. The number of carbonyl (C=O) groups is 1. The summed E-state index contributed by atoms with van der Waals surface area (Å²) in [5.41, 5.74) is 0.996. The van der Waals surface area contributed by atoms with Gasteiger partial charge in [0.05, 0.1) is 10.7 Å². The topological polar surface area (TPSA) is 58.1 Å². The molecule has 0 saturated carbocycles. The second-order valence-electron chi connectivity index (χ2n) is 5.05. The third kappa shape index (κ3) is 2.95. The first-order valence-electron chi connectivity index (χ1n) is 6.85. The highest BCUT2D eigenvalue weighted by molar-refractivity contribution is 7.29. The lowest BCUT2D eigenvalue weighted by Gasteiger charge is -2.24. The van der Waals surface area contributed by atoms with E-state index in [1.165, 1.54) is 16.2 Å². The summed E-state index contributed by atoms with van der Waals surface area (Å²) in [7, 11) is 1.77. The largest absolute Gasteiger partial charge is 0.323 e. The van der Waals surface area contributed by atoms with Gasteiger partial charge in [0, 0.05) is 24.3 Å². The van der Waals surface area contributed by atoms with Gasteiger partial charge in [0.15, 0.2) is 5.13 Å². The molecule has 0 aliphatic carbocycles.